The Balaban J connectivity index is 1.43. The summed E-state index contributed by atoms with van der Waals surface area (Å²) in [6, 6.07) is 17.7. The van der Waals surface area contributed by atoms with Crippen LogP contribution in [0.5, 0.6) is 11.5 Å². The molecule has 164 valence electrons. The van der Waals surface area contributed by atoms with Crippen LogP contribution in [-0.4, -0.2) is 45.8 Å². The monoisotopic (exact) mass is 430 g/mol. The van der Waals surface area contributed by atoms with Crippen molar-refractivity contribution in [3.05, 3.63) is 60.9 Å². The van der Waals surface area contributed by atoms with Gasteiger partial charge in [-0.2, -0.15) is 0 Å². The van der Waals surface area contributed by atoms with E-state index in [1.54, 1.807) is 6.33 Å². The van der Waals surface area contributed by atoms with Gasteiger partial charge in [-0.15, -0.1) is 0 Å². The van der Waals surface area contributed by atoms with Crippen LogP contribution in [0.1, 0.15) is 19.9 Å². The van der Waals surface area contributed by atoms with Crippen LogP contribution in [-0.2, 0) is 4.74 Å². The minimum atomic E-state index is 0.218. The van der Waals surface area contributed by atoms with E-state index in [-0.39, 0.29) is 6.04 Å². The summed E-state index contributed by atoms with van der Waals surface area (Å²) in [6.07, 6.45) is 1.58. The normalized spacial score (nSPS) is 14.2. The first kappa shape index (κ1) is 20.3. The van der Waals surface area contributed by atoms with Gasteiger partial charge < -0.3 is 19.7 Å². The van der Waals surface area contributed by atoms with Gasteiger partial charge in [0, 0.05) is 24.8 Å². The highest BCUT2D eigenvalue weighted by Gasteiger charge is 2.23. The van der Waals surface area contributed by atoms with Crippen molar-refractivity contribution in [1.29, 1.82) is 0 Å². The molecule has 0 atom stereocenters. The van der Waals surface area contributed by atoms with E-state index in [0.29, 0.717) is 19.0 Å². The molecule has 1 saturated heterocycles. The maximum atomic E-state index is 5.88. The lowest BCUT2D eigenvalue weighted by atomic mass is 10.3. The van der Waals surface area contributed by atoms with E-state index in [0.717, 1.165) is 47.4 Å². The van der Waals surface area contributed by atoms with Gasteiger partial charge in [-0.3, -0.25) is 4.57 Å². The van der Waals surface area contributed by atoms with Gasteiger partial charge in [0.2, 0.25) is 5.95 Å². The molecule has 0 spiro atoms. The summed E-state index contributed by atoms with van der Waals surface area (Å²) in [7, 11) is 0. The quantitative estimate of drug-likeness (QED) is 0.472. The Morgan fingerprint density at radius 3 is 2.38 bits per heavy atom. The fraction of sp³-hybridized carbons (Fsp3) is 0.292. The van der Waals surface area contributed by atoms with E-state index in [9.17, 15) is 0 Å². The maximum absolute atomic E-state index is 5.88. The SMILES string of the molecule is CC(C)n1c(N2CCOCC2)nc2c(Nc3ccc(Oc4ccccc4)cc3)ncnc21. The van der Waals surface area contributed by atoms with Gasteiger partial charge in [0.25, 0.3) is 0 Å². The van der Waals surface area contributed by atoms with Gasteiger partial charge in [0.15, 0.2) is 17.0 Å². The van der Waals surface area contributed by atoms with E-state index in [4.69, 9.17) is 14.5 Å². The van der Waals surface area contributed by atoms with Crippen LogP contribution >= 0.6 is 0 Å². The van der Waals surface area contributed by atoms with Gasteiger partial charge >= 0.3 is 0 Å². The zero-order valence-corrected chi connectivity index (χ0v) is 18.2. The zero-order valence-electron chi connectivity index (χ0n) is 18.2. The molecule has 0 saturated carbocycles. The molecule has 1 fully saturated rings. The summed E-state index contributed by atoms with van der Waals surface area (Å²) in [5, 5.41) is 3.39. The summed E-state index contributed by atoms with van der Waals surface area (Å²) >= 11 is 0. The minimum absolute atomic E-state index is 0.218. The average Bonchev–Trinajstić information content (AvgIpc) is 3.23. The Morgan fingerprint density at radius 2 is 1.66 bits per heavy atom. The minimum Gasteiger partial charge on any atom is -0.457 e. The third-order valence-electron chi connectivity index (χ3n) is 5.36. The number of para-hydroxylation sites is 1. The maximum Gasteiger partial charge on any atom is 0.208 e. The van der Waals surface area contributed by atoms with Gasteiger partial charge in [0.05, 0.1) is 13.2 Å². The number of imidazole rings is 1. The van der Waals surface area contributed by atoms with Crippen molar-refractivity contribution >= 4 is 28.6 Å². The number of morpholine rings is 1. The van der Waals surface area contributed by atoms with Crippen molar-refractivity contribution in [3.8, 4) is 11.5 Å². The van der Waals surface area contributed by atoms with Crippen LogP contribution in [0.25, 0.3) is 11.2 Å². The second-order valence-corrected chi connectivity index (χ2v) is 7.93. The summed E-state index contributed by atoms with van der Waals surface area (Å²) in [5.74, 6) is 3.17. The van der Waals surface area contributed by atoms with Crippen molar-refractivity contribution < 1.29 is 9.47 Å². The van der Waals surface area contributed by atoms with Crippen LogP contribution in [0.3, 0.4) is 0 Å². The third-order valence-corrected chi connectivity index (χ3v) is 5.36. The molecule has 1 aliphatic heterocycles. The number of hydrogen-bond donors (Lipinski definition) is 1. The van der Waals surface area contributed by atoms with Crippen LogP contribution in [0.15, 0.2) is 60.9 Å². The van der Waals surface area contributed by atoms with E-state index in [1.807, 2.05) is 54.6 Å². The Morgan fingerprint density at radius 1 is 0.938 bits per heavy atom. The molecule has 0 aliphatic carbocycles. The topological polar surface area (TPSA) is 77.3 Å². The molecule has 8 heteroatoms. The van der Waals surface area contributed by atoms with Crippen molar-refractivity contribution in [3.63, 3.8) is 0 Å². The van der Waals surface area contributed by atoms with E-state index >= 15 is 0 Å². The molecule has 1 N–H and O–H groups in total. The number of nitrogens with one attached hydrogen (secondary N) is 1. The van der Waals surface area contributed by atoms with E-state index in [1.165, 1.54) is 0 Å². The van der Waals surface area contributed by atoms with Gasteiger partial charge in [0.1, 0.15) is 17.8 Å². The third kappa shape index (κ3) is 4.09. The second kappa shape index (κ2) is 8.84. The average molecular weight is 431 g/mol. The standard InChI is InChI=1S/C24H26N6O2/c1-17(2)30-23-21(28-24(30)29-12-14-31-15-13-29)22(25-16-26-23)27-18-8-10-20(11-9-18)32-19-6-4-3-5-7-19/h3-11,16-17H,12-15H2,1-2H3,(H,25,26,27). The first-order valence-corrected chi connectivity index (χ1v) is 10.8. The molecule has 2 aromatic carbocycles. The number of nitrogens with zero attached hydrogens (tertiary/aromatic N) is 5. The molecular weight excluding hydrogens is 404 g/mol. The lowest BCUT2D eigenvalue weighted by Crippen LogP contribution is -2.38. The lowest BCUT2D eigenvalue weighted by molar-refractivity contribution is 0.121. The van der Waals surface area contributed by atoms with Crippen LogP contribution in [0, 0.1) is 0 Å². The first-order valence-electron chi connectivity index (χ1n) is 10.8. The molecule has 4 aromatic rings. The summed E-state index contributed by atoms with van der Waals surface area (Å²) < 4.78 is 13.6. The molecule has 1 aliphatic rings. The largest absolute Gasteiger partial charge is 0.457 e. The zero-order chi connectivity index (χ0) is 21.9. The van der Waals surface area contributed by atoms with Gasteiger partial charge in [-0.1, -0.05) is 18.2 Å². The number of rotatable bonds is 6. The lowest BCUT2D eigenvalue weighted by Gasteiger charge is -2.29. The predicted molar refractivity (Wildman–Crippen MR) is 125 cm³/mol. The smallest absolute Gasteiger partial charge is 0.208 e. The molecule has 5 rings (SSSR count). The summed E-state index contributed by atoms with van der Waals surface area (Å²) in [4.78, 5) is 16.2. The number of hydrogen-bond acceptors (Lipinski definition) is 7. The number of aromatic nitrogens is 4. The van der Waals surface area contributed by atoms with Crippen LogP contribution < -0.4 is 15.0 Å². The van der Waals surface area contributed by atoms with Crippen LogP contribution in [0.2, 0.25) is 0 Å². The molecule has 0 amide bonds. The van der Waals surface area contributed by atoms with Crippen molar-refractivity contribution in [1.82, 2.24) is 19.5 Å². The molecule has 0 radical (unpaired) electrons. The van der Waals surface area contributed by atoms with Gasteiger partial charge in [-0.25, -0.2) is 15.0 Å². The fourth-order valence-corrected chi connectivity index (χ4v) is 3.82. The highest BCUT2D eigenvalue weighted by molar-refractivity contribution is 5.87. The number of fused-ring (bicyclic) bond motifs is 1. The number of benzene rings is 2. The molecular formula is C24H26N6O2. The van der Waals surface area contributed by atoms with Gasteiger partial charge in [-0.05, 0) is 50.2 Å². The molecule has 32 heavy (non-hydrogen) atoms. The number of ether oxygens (including phenoxy) is 2. The number of anilines is 3. The fourth-order valence-electron chi connectivity index (χ4n) is 3.82. The Bertz CT molecular complexity index is 1180. The van der Waals surface area contributed by atoms with E-state index in [2.05, 4.69) is 38.6 Å². The van der Waals surface area contributed by atoms with Crippen molar-refractivity contribution in [2.45, 2.75) is 19.9 Å². The Hall–Kier alpha value is -3.65. The second-order valence-electron chi connectivity index (χ2n) is 7.93. The molecule has 3 heterocycles. The highest BCUT2D eigenvalue weighted by atomic mass is 16.5. The van der Waals surface area contributed by atoms with Crippen molar-refractivity contribution in [2.24, 2.45) is 0 Å². The summed E-state index contributed by atoms with van der Waals surface area (Å²) in [6.45, 7) is 7.33. The van der Waals surface area contributed by atoms with Crippen molar-refractivity contribution in [2.75, 3.05) is 36.5 Å². The molecule has 8 nitrogen and oxygen atoms in total. The van der Waals surface area contributed by atoms with Crippen LogP contribution in [0.4, 0.5) is 17.5 Å². The Kier molecular flexibility index (Phi) is 5.60. The summed E-state index contributed by atoms with van der Waals surface area (Å²) in [5.41, 5.74) is 2.48. The predicted octanol–water partition coefficient (Wildman–Crippen LogP) is 4.78. The highest BCUT2D eigenvalue weighted by Crippen LogP contribution is 2.31. The molecule has 0 unspecified atom stereocenters. The first-order chi connectivity index (χ1) is 15.7. The molecule has 2 aromatic heterocycles. The van der Waals surface area contributed by atoms with E-state index < -0.39 is 0 Å². The Labute approximate surface area is 186 Å². The molecule has 0 bridgehead atoms.